The van der Waals surface area contributed by atoms with Crippen LogP contribution in [-0.2, 0) is 6.54 Å². The number of rotatable bonds is 7. The van der Waals surface area contributed by atoms with E-state index in [4.69, 9.17) is 14.6 Å². The van der Waals surface area contributed by atoms with Gasteiger partial charge in [0, 0.05) is 11.3 Å². The highest BCUT2D eigenvalue weighted by molar-refractivity contribution is 7.99. The van der Waals surface area contributed by atoms with Gasteiger partial charge in [0.1, 0.15) is 17.1 Å². The Morgan fingerprint density at radius 1 is 1.61 bits per heavy atom. The lowest BCUT2D eigenvalue weighted by atomic mass is 10.2. The third-order valence-electron chi connectivity index (χ3n) is 2.84. The number of aromatic carboxylic acids is 1. The van der Waals surface area contributed by atoms with Gasteiger partial charge in [0.05, 0.1) is 13.2 Å². The predicted octanol–water partition coefficient (Wildman–Crippen LogP) is 1.49. The summed E-state index contributed by atoms with van der Waals surface area (Å²) >= 11 is 1.59. The summed E-state index contributed by atoms with van der Waals surface area (Å²) in [4.78, 5) is 10.9. The predicted molar refractivity (Wildman–Crippen MR) is 71.1 cm³/mol. The smallest absolute Gasteiger partial charge is 0.339 e. The highest BCUT2D eigenvalue weighted by Gasteiger charge is 2.17. The Kier molecular flexibility index (Phi) is 5.71. The molecule has 1 heterocycles. The van der Waals surface area contributed by atoms with E-state index in [-0.39, 0.29) is 23.5 Å². The molecule has 1 aromatic rings. The zero-order chi connectivity index (χ0) is 13.7. The maximum Gasteiger partial charge on any atom is 0.339 e. The molecule has 2 atom stereocenters. The molecule has 0 aliphatic carbocycles. The van der Waals surface area contributed by atoms with E-state index in [1.54, 1.807) is 18.7 Å². The lowest BCUT2D eigenvalue weighted by molar-refractivity contribution is 0.0695. The molecule has 0 spiro atoms. The molecule has 0 aliphatic heterocycles. The normalized spacial score (nSPS) is 14.4. The van der Waals surface area contributed by atoms with Gasteiger partial charge in [-0.3, -0.25) is 0 Å². The molecule has 0 saturated carbocycles. The minimum atomic E-state index is -0.979. The number of thioether (sulfide) groups is 1. The Balaban J connectivity index is 2.58. The average molecular weight is 273 g/mol. The Labute approximate surface area is 111 Å². The van der Waals surface area contributed by atoms with Gasteiger partial charge in [-0.1, -0.05) is 0 Å². The van der Waals surface area contributed by atoms with Crippen molar-refractivity contribution in [3.05, 3.63) is 23.2 Å². The number of carbonyl (C=O) groups is 1. The second kappa shape index (κ2) is 6.82. The van der Waals surface area contributed by atoms with Gasteiger partial charge >= 0.3 is 5.97 Å². The molecule has 0 aliphatic rings. The molecule has 6 heteroatoms. The van der Waals surface area contributed by atoms with Gasteiger partial charge in [-0.25, -0.2) is 4.79 Å². The molecule has 2 unspecified atom stereocenters. The van der Waals surface area contributed by atoms with Crippen molar-refractivity contribution in [3.8, 4) is 0 Å². The molecule has 0 aromatic carbocycles. The van der Waals surface area contributed by atoms with E-state index in [1.165, 1.54) is 6.07 Å². The summed E-state index contributed by atoms with van der Waals surface area (Å²) in [6, 6.07) is 1.65. The largest absolute Gasteiger partial charge is 0.478 e. The van der Waals surface area contributed by atoms with Crippen molar-refractivity contribution < 1.29 is 19.4 Å². The van der Waals surface area contributed by atoms with Crippen molar-refractivity contribution in [1.29, 1.82) is 0 Å². The number of aryl methyl sites for hydroxylation is 1. The fraction of sp³-hybridized carbons (Fsp3) is 0.583. The lowest BCUT2D eigenvalue weighted by Crippen LogP contribution is -2.36. The summed E-state index contributed by atoms with van der Waals surface area (Å²) in [5.41, 5.74) is 0.197. The van der Waals surface area contributed by atoms with Crippen molar-refractivity contribution in [2.45, 2.75) is 31.7 Å². The zero-order valence-electron chi connectivity index (χ0n) is 10.8. The summed E-state index contributed by atoms with van der Waals surface area (Å²) in [5.74, 6) is 0.0259. The molecule has 0 radical (unpaired) electrons. The summed E-state index contributed by atoms with van der Waals surface area (Å²) in [5, 5.41) is 21.4. The molecular formula is C12H19NO4S. The molecule has 3 N–H and O–H groups in total. The quantitative estimate of drug-likeness (QED) is 0.698. The summed E-state index contributed by atoms with van der Waals surface area (Å²) in [6.07, 6.45) is 1.94. The fourth-order valence-corrected chi connectivity index (χ4v) is 2.33. The van der Waals surface area contributed by atoms with E-state index < -0.39 is 5.97 Å². The third-order valence-corrected chi connectivity index (χ3v) is 4.00. The Bertz CT molecular complexity index is 401. The number of nitrogens with one attached hydrogen (secondary N) is 1. The molecule has 1 rings (SSSR count). The van der Waals surface area contributed by atoms with Crippen molar-refractivity contribution in [2.24, 2.45) is 0 Å². The maximum absolute atomic E-state index is 10.9. The number of hydrogen-bond acceptors (Lipinski definition) is 5. The zero-order valence-corrected chi connectivity index (χ0v) is 11.6. The Morgan fingerprint density at radius 3 is 2.72 bits per heavy atom. The second-order valence-electron chi connectivity index (χ2n) is 4.11. The van der Waals surface area contributed by atoms with Crippen LogP contribution < -0.4 is 5.32 Å². The van der Waals surface area contributed by atoms with Crippen LogP contribution in [0.4, 0.5) is 0 Å². The molecule has 0 amide bonds. The van der Waals surface area contributed by atoms with Crippen LogP contribution in [0.1, 0.15) is 28.8 Å². The minimum Gasteiger partial charge on any atom is -0.478 e. The van der Waals surface area contributed by atoms with E-state index in [2.05, 4.69) is 5.32 Å². The minimum absolute atomic E-state index is 0.104. The summed E-state index contributed by atoms with van der Waals surface area (Å²) in [6.45, 7) is 4.17. The second-order valence-corrected chi connectivity index (χ2v) is 5.19. The molecule has 0 bridgehead atoms. The molecule has 102 valence electrons. The van der Waals surface area contributed by atoms with E-state index >= 15 is 0 Å². The van der Waals surface area contributed by atoms with Crippen molar-refractivity contribution in [3.63, 3.8) is 0 Å². The third kappa shape index (κ3) is 3.76. The van der Waals surface area contributed by atoms with Crippen LogP contribution in [-0.4, -0.2) is 40.3 Å². The van der Waals surface area contributed by atoms with E-state index in [0.717, 1.165) is 0 Å². The number of carboxylic acid groups (broad SMARTS) is 1. The van der Waals surface area contributed by atoms with Crippen LogP contribution in [0.25, 0.3) is 0 Å². The van der Waals surface area contributed by atoms with Crippen LogP contribution in [0.3, 0.4) is 0 Å². The van der Waals surface area contributed by atoms with Gasteiger partial charge in [-0.05, 0) is 26.2 Å². The molecule has 18 heavy (non-hydrogen) atoms. The first-order valence-electron chi connectivity index (χ1n) is 5.69. The van der Waals surface area contributed by atoms with Gasteiger partial charge in [0.2, 0.25) is 0 Å². The van der Waals surface area contributed by atoms with Crippen LogP contribution in [0.15, 0.2) is 10.5 Å². The van der Waals surface area contributed by atoms with E-state index in [9.17, 15) is 4.79 Å². The van der Waals surface area contributed by atoms with Gasteiger partial charge in [-0.2, -0.15) is 11.8 Å². The fourth-order valence-electron chi connectivity index (χ4n) is 1.67. The Morgan fingerprint density at radius 2 is 2.28 bits per heavy atom. The monoisotopic (exact) mass is 273 g/mol. The molecule has 1 aromatic heterocycles. The summed E-state index contributed by atoms with van der Waals surface area (Å²) in [7, 11) is 0. The molecular weight excluding hydrogens is 254 g/mol. The molecule has 5 nitrogen and oxygen atoms in total. The Hall–Kier alpha value is -0.980. The van der Waals surface area contributed by atoms with Crippen molar-refractivity contribution >= 4 is 17.7 Å². The highest BCUT2D eigenvalue weighted by atomic mass is 32.2. The van der Waals surface area contributed by atoms with Gasteiger partial charge in [0.25, 0.3) is 0 Å². The number of aliphatic hydroxyl groups is 1. The first kappa shape index (κ1) is 15.1. The lowest BCUT2D eigenvalue weighted by Gasteiger charge is -2.20. The van der Waals surface area contributed by atoms with Crippen LogP contribution in [0.5, 0.6) is 0 Å². The van der Waals surface area contributed by atoms with Crippen molar-refractivity contribution in [2.75, 3.05) is 12.9 Å². The topological polar surface area (TPSA) is 82.7 Å². The average Bonchev–Trinajstić information content (AvgIpc) is 2.69. The first-order valence-corrected chi connectivity index (χ1v) is 6.98. The summed E-state index contributed by atoms with van der Waals surface area (Å²) < 4.78 is 5.36. The molecule has 0 fully saturated rings. The first-order chi connectivity index (χ1) is 8.49. The standard InChI is InChI=1S/C12H19NO4S/c1-7(11(6-14)18-3)13-5-9-4-10(12(15)16)8(2)17-9/h4,7,11,13-14H,5-6H2,1-3H3,(H,15,16). The number of carboxylic acids is 1. The SMILES string of the molecule is CSC(CO)C(C)NCc1cc(C(=O)O)c(C)o1. The van der Waals surface area contributed by atoms with Gasteiger partial charge < -0.3 is 19.9 Å². The number of hydrogen-bond donors (Lipinski definition) is 3. The van der Waals surface area contributed by atoms with Crippen LogP contribution >= 0.6 is 11.8 Å². The number of furan rings is 1. The van der Waals surface area contributed by atoms with Gasteiger partial charge in [-0.15, -0.1) is 0 Å². The maximum atomic E-state index is 10.9. The van der Waals surface area contributed by atoms with E-state index in [0.29, 0.717) is 18.1 Å². The van der Waals surface area contributed by atoms with Crippen LogP contribution in [0, 0.1) is 6.92 Å². The van der Waals surface area contributed by atoms with E-state index in [1.807, 2.05) is 13.2 Å². The van der Waals surface area contributed by atoms with Crippen LogP contribution in [0.2, 0.25) is 0 Å². The highest BCUT2D eigenvalue weighted by Crippen LogP contribution is 2.16. The van der Waals surface area contributed by atoms with Crippen molar-refractivity contribution in [1.82, 2.24) is 5.32 Å². The number of aliphatic hydroxyl groups excluding tert-OH is 1. The van der Waals surface area contributed by atoms with Gasteiger partial charge in [0.15, 0.2) is 0 Å². The molecule has 0 saturated heterocycles.